The maximum absolute atomic E-state index is 12.9. The first-order valence-electron chi connectivity index (χ1n) is 9.51. The summed E-state index contributed by atoms with van der Waals surface area (Å²) in [6.07, 6.45) is -1.26. The molecule has 2 aromatic rings. The zero-order valence-corrected chi connectivity index (χ0v) is 17.9. The number of phosphoric acid groups is 1. The van der Waals surface area contributed by atoms with E-state index in [0.29, 0.717) is 17.8 Å². The monoisotopic (exact) mass is 438 g/mol. The van der Waals surface area contributed by atoms with Crippen LogP contribution in [0.15, 0.2) is 6.33 Å². The minimum atomic E-state index is -3.83. The number of hydrogen-bond acceptors (Lipinski definition) is 11. The smallest absolute Gasteiger partial charge is 0.475 e. The molecular weight excluding hydrogens is 415 g/mol. The third-order valence-electron chi connectivity index (χ3n) is 4.91. The molecular formula is C17H23N6O6P. The van der Waals surface area contributed by atoms with Gasteiger partial charge in [0.15, 0.2) is 17.4 Å². The molecule has 4 heterocycles. The van der Waals surface area contributed by atoms with Gasteiger partial charge in [0.1, 0.15) is 17.6 Å². The summed E-state index contributed by atoms with van der Waals surface area (Å²) in [5.41, 5.74) is 5.32. The normalized spacial score (nSPS) is 33.5. The van der Waals surface area contributed by atoms with Gasteiger partial charge < -0.3 is 15.2 Å². The van der Waals surface area contributed by atoms with Crippen LogP contribution in [-0.2, 0) is 22.9 Å². The number of nitrogens with zero attached hydrogens (tertiary/aromatic N) is 5. The molecule has 30 heavy (non-hydrogen) atoms. The Morgan fingerprint density at radius 2 is 2.27 bits per heavy atom. The van der Waals surface area contributed by atoms with Crippen molar-refractivity contribution in [1.82, 2.24) is 19.5 Å². The fourth-order valence-corrected chi connectivity index (χ4v) is 5.30. The number of anilines is 1. The molecule has 2 saturated heterocycles. The molecule has 2 fully saturated rings. The molecule has 5 atom stereocenters. The molecule has 2 aliphatic heterocycles. The van der Waals surface area contributed by atoms with Crippen LogP contribution in [0.2, 0.25) is 0 Å². The second kappa shape index (κ2) is 7.44. The number of nitriles is 1. The van der Waals surface area contributed by atoms with Crippen LogP contribution in [0, 0.1) is 16.7 Å². The lowest BCUT2D eigenvalue weighted by Crippen LogP contribution is -2.42. The number of nitrogens with two attached hydrogens (primary N) is 1. The van der Waals surface area contributed by atoms with E-state index >= 15 is 0 Å². The highest BCUT2D eigenvalue weighted by Crippen LogP contribution is 2.61. The molecule has 0 aromatic carbocycles. The van der Waals surface area contributed by atoms with Crippen LogP contribution >= 0.6 is 7.82 Å². The molecule has 0 amide bonds. The van der Waals surface area contributed by atoms with Crippen molar-refractivity contribution in [3.05, 3.63) is 6.33 Å². The Bertz CT molecular complexity index is 1050. The SMILES string of the molecule is CCOc1nc(N)nc2c1ncn2[C@@H]1O[C@@H]2COP(=O)(OC(C)C)O[C@H]2[C@@]1(C)C#N. The molecule has 2 aromatic heterocycles. The third kappa shape index (κ3) is 3.33. The Hall–Kier alpha value is -2.29. The fraction of sp³-hybridized carbons (Fsp3) is 0.647. The highest BCUT2D eigenvalue weighted by molar-refractivity contribution is 7.48. The number of aromatic nitrogens is 4. The summed E-state index contributed by atoms with van der Waals surface area (Å²) >= 11 is 0. The highest BCUT2D eigenvalue weighted by Gasteiger charge is 2.61. The van der Waals surface area contributed by atoms with E-state index in [0.717, 1.165) is 0 Å². The van der Waals surface area contributed by atoms with Gasteiger partial charge in [-0.15, -0.1) is 0 Å². The van der Waals surface area contributed by atoms with Gasteiger partial charge >= 0.3 is 7.82 Å². The standard InChI is InChI=1S/C17H23N6O6P/c1-5-25-14-11-13(21-16(19)22-14)23(8-20-11)15-17(4,7-18)12-10(27-15)6-26-30(24,29-12)28-9(2)3/h8-10,12,15H,5-6H2,1-4H3,(H2,19,21,22)/t10-,12-,15-,17-,30?/m1/s1. The van der Waals surface area contributed by atoms with Crippen molar-refractivity contribution in [2.24, 2.45) is 5.41 Å². The van der Waals surface area contributed by atoms with Crippen molar-refractivity contribution in [3.8, 4) is 11.9 Å². The van der Waals surface area contributed by atoms with Gasteiger partial charge in [0, 0.05) is 0 Å². The van der Waals surface area contributed by atoms with E-state index in [1.165, 1.54) is 6.33 Å². The van der Waals surface area contributed by atoms with Gasteiger partial charge in [0.2, 0.25) is 11.8 Å². The number of rotatable bonds is 5. The van der Waals surface area contributed by atoms with Gasteiger partial charge in [0.25, 0.3) is 0 Å². The van der Waals surface area contributed by atoms with E-state index in [4.69, 9.17) is 28.8 Å². The Morgan fingerprint density at radius 1 is 1.50 bits per heavy atom. The fourth-order valence-electron chi connectivity index (χ4n) is 3.65. The first-order valence-corrected chi connectivity index (χ1v) is 11.0. The zero-order chi connectivity index (χ0) is 21.7. The summed E-state index contributed by atoms with van der Waals surface area (Å²) in [6.45, 7) is 7.23. The topological polar surface area (TPSA) is 157 Å². The quantitative estimate of drug-likeness (QED) is 0.682. The Labute approximate surface area is 172 Å². The summed E-state index contributed by atoms with van der Waals surface area (Å²) in [6, 6.07) is 2.25. The molecule has 12 nitrogen and oxygen atoms in total. The number of hydrogen-bond donors (Lipinski definition) is 1. The van der Waals surface area contributed by atoms with E-state index in [9.17, 15) is 9.83 Å². The lowest BCUT2D eigenvalue weighted by Gasteiger charge is -2.34. The summed E-state index contributed by atoms with van der Waals surface area (Å²) < 4.78 is 42.4. The second-order valence-corrected chi connectivity index (χ2v) is 9.06. The van der Waals surface area contributed by atoms with E-state index in [1.54, 1.807) is 25.3 Å². The molecule has 1 unspecified atom stereocenters. The van der Waals surface area contributed by atoms with E-state index in [2.05, 4.69) is 21.0 Å². The van der Waals surface area contributed by atoms with Crippen molar-refractivity contribution >= 4 is 24.9 Å². The molecule has 13 heteroatoms. The zero-order valence-electron chi connectivity index (χ0n) is 17.0. The molecule has 0 saturated carbocycles. The Kier molecular flexibility index (Phi) is 5.20. The van der Waals surface area contributed by atoms with Crippen LogP contribution in [0.1, 0.15) is 33.9 Å². The van der Waals surface area contributed by atoms with Gasteiger partial charge in [-0.05, 0) is 27.7 Å². The number of imidazole rings is 1. The van der Waals surface area contributed by atoms with Gasteiger partial charge in [-0.2, -0.15) is 15.2 Å². The maximum atomic E-state index is 12.9. The van der Waals surface area contributed by atoms with Gasteiger partial charge in [-0.3, -0.25) is 18.1 Å². The van der Waals surface area contributed by atoms with Crippen molar-refractivity contribution in [2.45, 2.75) is 52.2 Å². The lowest BCUT2D eigenvalue weighted by molar-refractivity contribution is -0.0733. The second-order valence-electron chi connectivity index (χ2n) is 7.49. The predicted octanol–water partition coefficient (Wildman–Crippen LogP) is 2.18. The van der Waals surface area contributed by atoms with E-state index in [1.807, 2.05) is 6.92 Å². The number of fused-ring (bicyclic) bond motifs is 2. The molecule has 2 N–H and O–H groups in total. The van der Waals surface area contributed by atoms with Crippen molar-refractivity contribution in [3.63, 3.8) is 0 Å². The summed E-state index contributed by atoms with van der Waals surface area (Å²) in [5.74, 6) is 0.235. The Morgan fingerprint density at radius 3 is 2.93 bits per heavy atom. The lowest BCUT2D eigenvalue weighted by atomic mass is 9.84. The Balaban J connectivity index is 1.75. The number of nitrogen functional groups attached to an aromatic ring is 1. The van der Waals surface area contributed by atoms with Gasteiger partial charge in [-0.25, -0.2) is 9.55 Å². The van der Waals surface area contributed by atoms with Crippen LogP contribution in [0.25, 0.3) is 11.2 Å². The van der Waals surface area contributed by atoms with Crippen molar-refractivity contribution < 1.29 is 27.6 Å². The average Bonchev–Trinajstić information content (AvgIpc) is 3.20. The molecule has 0 bridgehead atoms. The van der Waals surface area contributed by atoms with Crippen LogP contribution in [-0.4, -0.2) is 51.0 Å². The van der Waals surface area contributed by atoms with Crippen molar-refractivity contribution in [2.75, 3.05) is 18.9 Å². The average molecular weight is 438 g/mol. The number of ether oxygens (including phenoxy) is 2. The highest BCUT2D eigenvalue weighted by atomic mass is 31.2. The van der Waals surface area contributed by atoms with E-state index in [-0.39, 0.29) is 24.5 Å². The summed E-state index contributed by atoms with van der Waals surface area (Å²) in [7, 11) is -3.83. The molecule has 0 radical (unpaired) electrons. The predicted molar refractivity (Wildman–Crippen MR) is 103 cm³/mol. The summed E-state index contributed by atoms with van der Waals surface area (Å²) in [4.78, 5) is 12.7. The first kappa shape index (κ1) is 21.0. The van der Waals surface area contributed by atoms with Crippen LogP contribution < -0.4 is 10.5 Å². The van der Waals surface area contributed by atoms with E-state index < -0.39 is 31.7 Å². The third-order valence-corrected chi connectivity index (χ3v) is 6.54. The molecule has 4 rings (SSSR count). The number of phosphoric ester groups is 1. The van der Waals surface area contributed by atoms with Crippen LogP contribution in [0.5, 0.6) is 5.88 Å². The van der Waals surface area contributed by atoms with Crippen LogP contribution in [0.4, 0.5) is 5.95 Å². The minimum absolute atomic E-state index is 0.00353. The van der Waals surface area contributed by atoms with Gasteiger partial charge in [-0.1, -0.05) is 0 Å². The largest absolute Gasteiger partial charge is 0.476 e. The minimum Gasteiger partial charge on any atom is -0.476 e. The summed E-state index contributed by atoms with van der Waals surface area (Å²) in [5, 5.41) is 10.1. The molecule has 2 aliphatic rings. The van der Waals surface area contributed by atoms with Gasteiger partial charge in [0.05, 0.1) is 31.7 Å². The molecule has 0 aliphatic carbocycles. The first-order chi connectivity index (χ1) is 14.2. The van der Waals surface area contributed by atoms with Crippen LogP contribution in [0.3, 0.4) is 0 Å². The molecule has 0 spiro atoms. The maximum Gasteiger partial charge on any atom is 0.475 e. The van der Waals surface area contributed by atoms with Crippen molar-refractivity contribution in [1.29, 1.82) is 5.26 Å². The molecule has 162 valence electrons.